The molecule has 1 amide bonds. The van der Waals surface area contributed by atoms with Crippen LogP contribution in [0.25, 0.3) is 0 Å². The molecule has 3 rings (SSSR count). The Balaban J connectivity index is 1.43. The van der Waals surface area contributed by atoms with Gasteiger partial charge in [0, 0.05) is 18.4 Å². The van der Waals surface area contributed by atoms with E-state index >= 15 is 0 Å². The van der Waals surface area contributed by atoms with Gasteiger partial charge in [-0.1, -0.05) is 39.0 Å². The van der Waals surface area contributed by atoms with Crippen LogP contribution in [-0.2, 0) is 10.2 Å². The van der Waals surface area contributed by atoms with Crippen molar-refractivity contribution >= 4 is 5.91 Å². The standard InChI is InChI=1S/C22H29N3O3/c1-22(2,3)18-6-4-5-7-19(18)27-15-20(26)25-16-8-10-17(11-9-16)28-21-14-23-12-13-24-21/h4-7,12-14,16-17H,8-11,15H2,1-3H3,(H,25,26). The number of aromatic nitrogens is 2. The zero-order chi connectivity index (χ0) is 20.0. The largest absolute Gasteiger partial charge is 0.483 e. The van der Waals surface area contributed by atoms with Gasteiger partial charge in [-0.3, -0.25) is 9.78 Å². The third-order valence-electron chi connectivity index (χ3n) is 4.92. The van der Waals surface area contributed by atoms with Gasteiger partial charge in [-0.05, 0) is 42.7 Å². The molecule has 0 atom stereocenters. The molecule has 1 aliphatic carbocycles. The lowest BCUT2D eigenvalue weighted by atomic mass is 9.86. The molecule has 0 aliphatic heterocycles. The maximum atomic E-state index is 12.3. The van der Waals surface area contributed by atoms with Crippen molar-refractivity contribution in [2.75, 3.05) is 6.61 Å². The summed E-state index contributed by atoms with van der Waals surface area (Å²) in [5, 5.41) is 3.08. The molecule has 6 heteroatoms. The molecule has 1 aromatic heterocycles. The van der Waals surface area contributed by atoms with Gasteiger partial charge in [0.15, 0.2) is 6.61 Å². The zero-order valence-electron chi connectivity index (χ0n) is 16.9. The smallest absolute Gasteiger partial charge is 0.258 e. The van der Waals surface area contributed by atoms with Crippen LogP contribution in [0.3, 0.4) is 0 Å². The monoisotopic (exact) mass is 383 g/mol. The Hall–Kier alpha value is -2.63. The molecule has 0 radical (unpaired) electrons. The summed E-state index contributed by atoms with van der Waals surface area (Å²) in [6.45, 7) is 6.44. The van der Waals surface area contributed by atoms with Crippen LogP contribution in [0.15, 0.2) is 42.9 Å². The highest BCUT2D eigenvalue weighted by atomic mass is 16.5. The van der Waals surface area contributed by atoms with E-state index in [2.05, 4.69) is 36.1 Å². The van der Waals surface area contributed by atoms with Crippen LogP contribution in [0, 0.1) is 0 Å². The molecule has 1 N–H and O–H groups in total. The van der Waals surface area contributed by atoms with Gasteiger partial charge in [-0.15, -0.1) is 0 Å². The maximum absolute atomic E-state index is 12.3. The summed E-state index contributed by atoms with van der Waals surface area (Å²) in [6.07, 6.45) is 8.54. The number of benzene rings is 1. The minimum absolute atomic E-state index is 0.0309. The van der Waals surface area contributed by atoms with Crippen molar-refractivity contribution in [2.45, 2.75) is 64.0 Å². The Bertz CT molecular complexity index is 766. The van der Waals surface area contributed by atoms with E-state index in [0.717, 1.165) is 37.0 Å². The second kappa shape index (κ2) is 9.04. The summed E-state index contributed by atoms with van der Waals surface area (Å²) in [5.74, 6) is 1.24. The number of carbonyl (C=O) groups excluding carboxylic acids is 1. The second-order valence-corrected chi connectivity index (χ2v) is 8.24. The normalized spacial score (nSPS) is 19.7. The number of rotatable bonds is 6. The van der Waals surface area contributed by atoms with Gasteiger partial charge in [0.25, 0.3) is 5.91 Å². The molecule has 28 heavy (non-hydrogen) atoms. The van der Waals surface area contributed by atoms with E-state index in [-0.39, 0.29) is 30.1 Å². The Morgan fingerprint density at radius 3 is 2.57 bits per heavy atom. The lowest BCUT2D eigenvalue weighted by molar-refractivity contribution is -0.124. The van der Waals surface area contributed by atoms with Crippen LogP contribution >= 0.6 is 0 Å². The first kappa shape index (κ1) is 20.1. The molecular weight excluding hydrogens is 354 g/mol. The van der Waals surface area contributed by atoms with Crippen molar-refractivity contribution in [1.82, 2.24) is 15.3 Å². The lowest BCUT2D eigenvalue weighted by Crippen LogP contribution is -2.41. The number of nitrogens with zero attached hydrogens (tertiary/aromatic N) is 2. The maximum Gasteiger partial charge on any atom is 0.258 e. The van der Waals surface area contributed by atoms with Gasteiger partial charge in [-0.25, -0.2) is 4.98 Å². The van der Waals surface area contributed by atoms with Crippen molar-refractivity contribution in [2.24, 2.45) is 0 Å². The zero-order valence-corrected chi connectivity index (χ0v) is 16.9. The fourth-order valence-corrected chi connectivity index (χ4v) is 3.47. The third-order valence-corrected chi connectivity index (χ3v) is 4.92. The molecule has 1 aromatic carbocycles. The molecule has 0 saturated heterocycles. The second-order valence-electron chi connectivity index (χ2n) is 8.24. The molecule has 0 bridgehead atoms. The number of hydrogen-bond acceptors (Lipinski definition) is 5. The molecule has 1 aliphatic rings. The first-order chi connectivity index (χ1) is 13.4. The Morgan fingerprint density at radius 1 is 1.14 bits per heavy atom. The van der Waals surface area contributed by atoms with Gasteiger partial charge >= 0.3 is 0 Å². The molecule has 1 fully saturated rings. The highest BCUT2D eigenvalue weighted by Gasteiger charge is 2.24. The quantitative estimate of drug-likeness (QED) is 0.824. The van der Waals surface area contributed by atoms with Gasteiger partial charge in [0.2, 0.25) is 5.88 Å². The molecule has 0 spiro atoms. The van der Waals surface area contributed by atoms with E-state index in [1.54, 1.807) is 18.6 Å². The third kappa shape index (κ3) is 5.68. The van der Waals surface area contributed by atoms with Crippen LogP contribution in [0.1, 0.15) is 52.0 Å². The SMILES string of the molecule is CC(C)(C)c1ccccc1OCC(=O)NC1CCC(Oc2cnccn2)CC1. The van der Waals surface area contributed by atoms with Gasteiger partial charge < -0.3 is 14.8 Å². The number of amides is 1. The molecular formula is C22H29N3O3. The summed E-state index contributed by atoms with van der Waals surface area (Å²) in [7, 11) is 0. The first-order valence-electron chi connectivity index (χ1n) is 9.86. The van der Waals surface area contributed by atoms with Crippen LogP contribution in [0.4, 0.5) is 0 Å². The molecule has 0 unspecified atom stereocenters. The summed E-state index contributed by atoms with van der Waals surface area (Å²) >= 11 is 0. The van der Waals surface area contributed by atoms with E-state index in [9.17, 15) is 4.79 Å². The molecule has 6 nitrogen and oxygen atoms in total. The molecule has 150 valence electrons. The number of nitrogens with one attached hydrogen (secondary N) is 1. The topological polar surface area (TPSA) is 73.3 Å². The highest BCUT2D eigenvalue weighted by molar-refractivity contribution is 5.77. The van der Waals surface area contributed by atoms with Gasteiger partial charge in [0.1, 0.15) is 11.9 Å². The molecule has 2 aromatic rings. The van der Waals surface area contributed by atoms with E-state index < -0.39 is 0 Å². The Kier molecular flexibility index (Phi) is 6.49. The number of ether oxygens (including phenoxy) is 2. The lowest BCUT2D eigenvalue weighted by Gasteiger charge is -2.29. The predicted molar refractivity (Wildman–Crippen MR) is 107 cm³/mol. The summed E-state index contributed by atoms with van der Waals surface area (Å²) in [5.41, 5.74) is 1.07. The van der Waals surface area contributed by atoms with Crippen LogP contribution in [0.2, 0.25) is 0 Å². The average Bonchev–Trinajstić information content (AvgIpc) is 2.68. The van der Waals surface area contributed by atoms with Crippen molar-refractivity contribution in [1.29, 1.82) is 0 Å². The van der Waals surface area contributed by atoms with E-state index in [4.69, 9.17) is 9.47 Å². The number of carbonyl (C=O) groups is 1. The Labute approximate surface area is 166 Å². The summed E-state index contributed by atoms with van der Waals surface area (Å²) in [4.78, 5) is 20.5. The molecule has 1 saturated carbocycles. The van der Waals surface area contributed by atoms with E-state index in [1.165, 1.54) is 0 Å². The average molecular weight is 383 g/mol. The Morgan fingerprint density at radius 2 is 1.89 bits per heavy atom. The van der Waals surface area contributed by atoms with Crippen LogP contribution in [0.5, 0.6) is 11.6 Å². The number of hydrogen-bond donors (Lipinski definition) is 1. The van der Waals surface area contributed by atoms with Crippen molar-refractivity contribution in [3.05, 3.63) is 48.4 Å². The fourth-order valence-electron chi connectivity index (χ4n) is 3.47. The molecule has 1 heterocycles. The van der Waals surface area contributed by atoms with Gasteiger partial charge in [0.05, 0.1) is 6.20 Å². The highest BCUT2D eigenvalue weighted by Crippen LogP contribution is 2.31. The minimum atomic E-state index is -0.0815. The summed E-state index contributed by atoms with van der Waals surface area (Å²) < 4.78 is 11.7. The minimum Gasteiger partial charge on any atom is -0.483 e. The van der Waals surface area contributed by atoms with Crippen molar-refractivity contribution in [3.63, 3.8) is 0 Å². The first-order valence-corrected chi connectivity index (χ1v) is 9.86. The van der Waals surface area contributed by atoms with Crippen molar-refractivity contribution in [3.8, 4) is 11.6 Å². The summed E-state index contributed by atoms with van der Waals surface area (Å²) in [6, 6.07) is 8.06. The van der Waals surface area contributed by atoms with Crippen molar-refractivity contribution < 1.29 is 14.3 Å². The van der Waals surface area contributed by atoms with Gasteiger partial charge in [-0.2, -0.15) is 0 Å². The van der Waals surface area contributed by atoms with Crippen LogP contribution in [-0.4, -0.2) is 34.6 Å². The van der Waals surface area contributed by atoms with Crippen LogP contribution < -0.4 is 14.8 Å². The van der Waals surface area contributed by atoms with E-state index in [0.29, 0.717) is 5.88 Å². The predicted octanol–water partition coefficient (Wildman–Crippen LogP) is 3.66. The van der Waals surface area contributed by atoms with E-state index in [1.807, 2.05) is 24.3 Å². The number of para-hydroxylation sites is 1. The fraction of sp³-hybridized carbons (Fsp3) is 0.500.